The van der Waals surface area contributed by atoms with Gasteiger partial charge in [-0.2, -0.15) is 0 Å². The van der Waals surface area contributed by atoms with Gasteiger partial charge in [-0.05, 0) is 70.7 Å². The van der Waals surface area contributed by atoms with Crippen LogP contribution in [-0.2, 0) is 4.74 Å². The van der Waals surface area contributed by atoms with Crippen LogP contribution in [0, 0.1) is 5.92 Å². The number of nitrogens with zero attached hydrogens (tertiary/aromatic N) is 5. The molecule has 4 heterocycles. The number of halogens is 1. The van der Waals surface area contributed by atoms with E-state index in [0.29, 0.717) is 24.6 Å². The monoisotopic (exact) mass is 741 g/mol. The number of methoxy groups -OCH3 is 4. The van der Waals surface area contributed by atoms with Crippen molar-refractivity contribution in [1.82, 2.24) is 14.9 Å². The molecule has 4 aromatic rings. The van der Waals surface area contributed by atoms with E-state index in [1.807, 2.05) is 64.2 Å². The second-order valence-electron chi connectivity index (χ2n) is 13.8. The lowest BCUT2D eigenvalue weighted by Crippen LogP contribution is -2.55. The number of benzene rings is 2. The Balaban J connectivity index is 0.000000352. The number of anilines is 2. The number of hydrogen-bond donors (Lipinski definition) is 0. The highest BCUT2D eigenvalue weighted by atomic mass is 35.5. The molecule has 2 fully saturated rings. The van der Waals surface area contributed by atoms with Crippen LogP contribution in [0.2, 0.25) is 0 Å². The fourth-order valence-electron chi connectivity index (χ4n) is 6.64. The normalized spacial score (nSPS) is 17.1. The number of rotatable bonds is 6. The summed E-state index contributed by atoms with van der Waals surface area (Å²) in [6.45, 7) is 14.3. The number of carbonyl (C=O) groups excluding carboxylic acids is 1. The van der Waals surface area contributed by atoms with Crippen LogP contribution in [0.25, 0.3) is 21.8 Å². The van der Waals surface area contributed by atoms with Gasteiger partial charge in [-0.25, -0.2) is 4.79 Å². The maximum absolute atomic E-state index is 12.5. The molecule has 288 valence electrons. The molecule has 11 nitrogen and oxygen atoms in total. The minimum Gasteiger partial charge on any atom is -0.493 e. The number of amides is 1. The van der Waals surface area contributed by atoms with Crippen molar-refractivity contribution in [2.75, 3.05) is 71.0 Å². The largest absolute Gasteiger partial charge is 0.493 e. The van der Waals surface area contributed by atoms with Crippen molar-refractivity contribution in [1.29, 1.82) is 0 Å². The quantitative estimate of drug-likeness (QED) is 0.191. The molecule has 1 amide bonds. The molecule has 0 saturated carbocycles. The molecule has 2 atom stereocenters. The number of ether oxygens (including phenoxy) is 5. The average Bonchev–Trinajstić information content (AvgIpc) is 3.09. The highest BCUT2D eigenvalue weighted by Crippen LogP contribution is 2.38. The van der Waals surface area contributed by atoms with Gasteiger partial charge in [0.25, 0.3) is 0 Å². The molecule has 12 heteroatoms. The zero-order chi connectivity index (χ0) is 35.3. The van der Waals surface area contributed by atoms with Crippen molar-refractivity contribution in [3.05, 3.63) is 48.8 Å². The molecule has 0 aliphatic carbocycles. The minimum atomic E-state index is -0.495. The smallest absolute Gasteiger partial charge is 0.410 e. The first-order chi connectivity index (χ1) is 23.5. The molecule has 2 saturated heterocycles. The summed E-state index contributed by atoms with van der Waals surface area (Å²) in [5, 5.41) is 2.13. The van der Waals surface area contributed by atoms with Crippen LogP contribution >= 0.6 is 12.4 Å². The van der Waals surface area contributed by atoms with E-state index in [0.717, 1.165) is 64.5 Å². The van der Waals surface area contributed by atoms with Gasteiger partial charge in [-0.15, -0.1) is 12.4 Å². The van der Waals surface area contributed by atoms with Crippen LogP contribution in [0.4, 0.5) is 16.2 Å². The number of carbonyl (C=O) groups is 1. The number of piperidine rings is 1. The van der Waals surface area contributed by atoms with Gasteiger partial charge in [0.2, 0.25) is 0 Å². The lowest BCUT2D eigenvalue weighted by Gasteiger charge is -2.41. The molecular formula is C40H60ClN5O6. The van der Waals surface area contributed by atoms with E-state index in [4.69, 9.17) is 23.7 Å². The van der Waals surface area contributed by atoms with E-state index < -0.39 is 5.60 Å². The van der Waals surface area contributed by atoms with Gasteiger partial charge in [0.05, 0.1) is 39.5 Å². The van der Waals surface area contributed by atoms with Crippen molar-refractivity contribution < 1.29 is 28.5 Å². The third-order valence-electron chi connectivity index (χ3n) is 9.04. The zero-order valence-electron chi connectivity index (χ0n) is 30.8. The van der Waals surface area contributed by atoms with E-state index in [2.05, 4.69) is 32.8 Å². The predicted molar refractivity (Wildman–Crippen MR) is 216 cm³/mol. The summed E-state index contributed by atoms with van der Waals surface area (Å²) < 4.78 is 27.2. The number of hydrogen-bond acceptors (Lipinski definition) is 10. The van der Waals surface area contributed by atoms with E-state index >= 15 is 0 Å². The summed E-state index contributed by atoms with van der Waals surface area (Å²) in [5.41, 5.74) is 3.61. The second-order valence-corrected chi connectivity index (χ2v) is 13.8. The third-order valence-corrected chi connectivity index (χ3v) is 9.04. The van der Waals surface area contributed by atoms with E-state index in [1.54, 1.807) is 39.5 Å². The Labute approximate surface area is 316 Å². The summed E-state index contributed by atoms with van der Waals surface area (Å²) in [6.07, 6.45) is 5.98. The van der Waals surface area contributed by atoms with Crippen LogP contribution in [0.5, 0.6) is 23.0 Å². The van der Waals surface area contributed by atoms with E-state index in [-0.39, 0.29) is 39.4 Å². The zero-order valence-corrected chi connectivity index (χ0v) is 31.6. The Morgan fingerprint density at radius 3 is 1.60 bits per heavy atom. The Morgan fingerprint density at radius 2 is 1.17 bits per heavy atom. The third kappa shape index (κ3) is 9.93. The standard InChI is InChI=1S/C21H29N3O4.C17H22N2O2.2CH4.ClH/c1-14-13-23(9-10-24(14)20(25)28-21(2,3)4)17-7-8-22-16-12-19(27-6)18(26-5)11-15(16)17;1-12-5-4-8-19(11-12)15-6-7-18-14-10-17(21-3)16(20-2)9-13(14)15;;;/h7-8,11-12,14H,9-10,13H2,1-6H3;6-7,9-10,12H,4-5,8,11H2,1-3H3;2*1H4;1H/t14-;12-;;;/m10.../s1. The van der Waals surface area contributed by atoms with Crippen LogP contribution < -0.4 is 28.7 Å². The molecule has 6 rings (SSSR count). The summed E-state index contributed by atoms with van der Waals surface area (Å²) in [5.74, 6) is 3.54. The SMILES string of the molecule is C.C.COc1cc2nccc(N3CCC[C@H](C)C3)c2cc1OC.COc1cc2nccc(N3CCN(C(=O)OC(C)(C)C)[C@H](C)C3)c2cc1OC.Cl. The number of fused-ring (bicyclic) bond motifs is 2. The van der Waals surface area contributed by atoms with E-state index in [1.165, 1.54) is 18.5 Å². The van der Waals surface area contributed by atoms with Gasteiger partial charge < -0.3 is 38.4 Å². The lowest BCUT2D eigenvalue weighted by atomic mass is 9.99. The molecule has 2 aliphatic rings. The minimum absolute atomic E-state index is 0. The summed E-state index contributed by atoms with van der Waals surface area (Å²) in [6, 6.07) is 12.0. The number of piperazine rings is 1. The van der Waals surface area contributed by atoms with Gasteiger partial charge in [0.1, 0.15) is 5.60 Å². The number of aromatic nitrogens is 2. The molecule has 2 aromatic carbocycles. The van der Waals surface area contributed by atoms with Crippen LogP contribution in [0.1, 0.15) is 62.3 Å². The first-order valence-electron chi connectivity index (χ1n) is 17.0. The van der Waals surface area contributed by atoms with Crippen molar-refractivity contribution >= 4 is 51.7 Å². The molecule has 0 bridgehead atoms. The average molecular weight is 742 g/mol. The summed E-state index contributed by atoms with van der Waals surface area (Å²) in [4.78, 5) is 28.0. The Hall–Kier alpha value is -4.38. The maximum atomic E-state index is 12.5. The lowest BCUT2D eigenvalue weighted by molar-refractivity contribution is 0.0159. The molecule has 52 heavy (non-hydrogen) atoms. The maximum Gasteiger partial charge on any atom is 0.410 e. The van der Waals surface area contributed by atoms with Crippen LogP contribution in [0.15, 0.2) is 48.8 Å². The van der Waals surface area contributed by atoms with Crippen molar-refractivity contribution in [3.63, 3.8) is 0 Å². The molecule has 0 N–H and O–H groups in total. The van der Waals surface area contributed by atoms with Gasteiger partial charge in [-0.3, -0.25) is 9.97 Å². The Bertz CT molecular complexity index is 1770. The Kier molecular flexibility index (Phi) is 15.9. The van der Waals surface area contributed by atoms with Crippen molar-refractivity contribution in [2.24, 2.45) is 5.92 Å². The molecule has 0 unspecified atom stereocenters. The summed E-state index contributed by atoms with van der Waals surface area (Å²) in [7, 11) is 6.56. The summed E-state index contributed by atoms with van der Waals surface area (Å²) >= 11 is 0. The molecule has 0 spiro atoms. The number of pyridine rings is 2. The molecular weight excluding hydrogens is 682 g/mol. The molecule has 2 aromatic heterocycles. The van der Waals surface area contributed by atoms with Gasteiger partial charge in [0.15, 0.2) is 23.0 Å². The first kappa shape index (κ1) is 43.8. The van der Waals surface area contributed by atoms with Crippen LogP contribution in [-0.4, -0.2) is 93.8 Å². The van der Waals surface area contributed by atoms with Crippen molar-refractivity contribution in [2.45, 2.75) is 74.0 Å². The molecule has 2 aliphatic heterocycles. The second kappa shape index (κ2) is 18.9. The van der Waals surface area contributed by atoms with Crippen molar-refractivity contribution in [3.8, 4) is 23.0 Å². The van der Waals surface area contributed by atoms with Gasteiger partial charge in [0, 0.05) is 85.4 Å². The van der Waals surface area contributed by atoms with Gasteiger partial charge in [-0.1, -0.05) is 21.8 Å². The highest BCUT2D eigenvalue weighted by Gasteiger charge is 2.31. The molecule has 0 radical (unpaired) electrons. The van der Waals surface area contributed by atoms with E-state index in [9.17, 15) is 4.79 Å². The highest BCUT2D eigenvalue weighted by molar-refractivity contribution is 5.95. The Morgan fingerprint density at radius 1 is 0.712 bits per heavy atom. The fraction of sp³-hybridized carbons (Fsp3) is 0.525. The van der Waals surface area contributed by atoms with Crippen LogP contribution in [0.3, 0.4) is 0 Å². The predicted octanol–water partition coefficient (Wildman–Crippen LogP) is 8.88. The first-order valence-corrected chi connectivity index (χ1v) is 17.0. The fourth-order valence-corrected chi connectivity index (χ4v) is 6.64. The van der Waals surface area contributed by atoms with Gasteiger partial charge >= 0.3 is 6.09 Å². The topological polar surface area (TPSA) is 98.7 Å².